The van der Waals surface area contributed by atoms with Crippen LogP contribution in [0.15, 0.2) is 28.7 Å². The number of benzene rings is 1. The van der Waals surface area contributed by atoms with E-state index in [1.54, 1.807) is 17.0 Å². The number of rotatable bonds is 6. The van der Waals surface area contributed by atoms with Gasteiger partial charge in [0.05, 0.1) is 11.5 Å². The van der Waals surface area contributed by atoms with E-state index in [9.17, 15) is 14.9 Å². The van der Waals surface area contributed by atoms with Gasteiger partial charge in [0.25, 0.3) is 5.69 Å². The van der Waals surface area contributed by atoms with E-state index in [0.29, 0.717) is 11.5 Å². The SMILES string of the molecule is CC(C)N(Cc1nnc(-c2cccc([N+](=O)[O-])c2)o1)C(=O)C1CCC1. The predicted molar refractivity (Wildman–Crippen MR) is 89.4 cm³/mol. The van der Waals surface area contributed by atoms with E-state index in [0.717, 1.165) is 19.3 Å². The third-order valence-corrected chi connectivity index (χ3v) is 4.44. The Morgan fingerprint density at radius 3 is 2.76 bits per heavy atom. The maximum absolute atomic E-state index is 12.5. The van der Waals surface area contributed by atoms with Crippen LogP contribution in [0, 0.1) is 16.0 Å². The lowest BCUT2D eigenvalue weighted by atomic mass is 9.84. The maximum Gasteiger partial charge on any atom is 0.270 e. The zero-order valence-corrected chi connectivity index (χ0v) is 14.2. The first-order valence-electron chi connectivity index (χ1n) is 8.33. The average Bonchev–Trinajstić information content (AvgIpc) is 2.99. The Bertz CT molecular complexity index is 782. The number of aromatic nitrogens is 2. The highest BCUT2D eigenvalue weighted by Crippen LogP contribution is 2.30. The molecule has 0 spiro atoms. The van der Waals surface area contributed by atoms with Crippen LogP contribution in [0.5, 0.6) is 0 Å². The molecule has 0 unspecified atom stereocenters. The van der Waals surface area contributed by atoms with Crippen LogP contribution < -0.4 is 0 Å². The van der Waals surface area contributed by atoms with E-state index >= 15 is 0 Å². The molecule has 0 saturated heterocycles. The van der Waals surface area contributed by atoms with Gasteiger partial charge >= 0.3 is 0 Å². The molecule has 3 rings (SSSR count). The van der Waals surface area contributed by atoms with Gasteiger partial charge in [-0.2, -0.15) is 0 Å². The Balaban J connectivity index is 1.77. The smallest absolute Gasteiger partial charge is 0.270 e. The molecule has 1 aromatic carbocycles. The second-order valence-electron chi connectivity index (χ2n) is 6.50. The van der Waals surface area contributed by atoms with Crippen molar-refractivity contribution in [2.45, 2.75) is 45.7 Å². The molecule has 0 N–H and O–H groups in total. The van der Waals surface area contributed by atoms with Crippen molar-refractivity contribution in [3.63, 3.8) is 0 Å². The predicted octanol–water partition coefficient (Wildman–Crippen LogP) is 3.18. The molecule has 8 heteroatoms. The third-order valence-electron chi connectivity index (χ3n) is 4.44. The number of hydrogen-bond donors (Lipinski definition) is 0. The molecule has 8 nitrogen and oxygen atoms in total. The molecular formula is C17H20N4O4. The summed E-state index contributed by atoms with van der Waals surface area (Å²) in [6.45, 7) is 4.15. The Labute approximate surface area is 145 Å². The van der Waals surface area contributed by atoms with Gasteiger partial charge in [0.15, 0.2) is 0 Å². The fourth-order valence-corrected chi connectivity index (χ4v) is 2.74. The van der Waals surface area contributed by atoms with Gasteiger partial charge in [-0.1, -0.05) is 12.5 Å². The topological polar surface area (TPSA) is 102 Å². The number of carbonyl (C=O) groups is 1. The molecule has 25 heavy (non-hydrogen) atoms. The first kappa shape index (κ1) is 17.1. The number of nitro groups is 1. The molecule has 1 aromatic heterocycles. The largest absolute Gasteiger partial charge is 0.419 e. The van der Waals surface area contributed by atoms with E-state index in [1.807, 2.05) is 13.8 Å². The average molecular weight is 344 g/mol. The molecule has 1 heterocycles. The fraction of sp³-hybridized carbons (Fsp3) is 0.471. The molecule has 0 radical (unpaired) electrons. The molecule has 0 bridgehead atoms. The van der Waals surface area contributed by atoms with Crippen molar-refractivity contribution in [3.05, 3.63) is 40.3 Å². The van der Waals surface area contributed by atoms with Crippen LogP contribution in [0.1, 0.15) is 39.0 Å². The number of carbonyl (C=O) groups excluding carboxylic acids is 1. The summed E-state index contributed by atoms with van der Waals surface area (Å²) in [7, 11) is 0. The molecule has 1 fully saturated rings. The fourth-order valence-electron chi connectivity index (χ4n) is 2.74. The highest BCUT2D eigenvalue weighted by molar-refractivity contribution is 5.79. The number of hydrogen-bond acceptors (Lipinski definition) is 6. The number of nitrogens with zero attached hydrogens (tertiary/aromatic N) is 4. The molecule has 2 aromatic rings. The van der Waals surface area contributed by atoms with Crippen molar-refractivity contribution in [2.75, 3.05) is 0 Å². The first-order chi connectivity index (χ1) is 12.0. The summed E-state index contributed by atoms with van der Waals surface area (Å²) in [5, 5.41) is 18.8. The van der Waals surface area contributed by atoms with Gasteiger partial charge in [0.2, 0.25) is 17.7 Å². The molecule has 132 valence electrons. The van der Waals surface area contributed by atoms with Crippen molar-refractivity contribution in [1.82, 2.24) is 15.1 Å². The van der Waals surface area contributed by atoms with Crippen molar-refractivity contribution >= 4 is 11.6 Å². The second kappa shape index (κ2) is 7.00. The minimum Gasteiger partial charge on any atom is -0.419 e. The van der Waals surface area contributed by atoms with E-state index in [1.165, 1.54) is 12.1 Å². The minimum atomic E-state index is -0.474. The van der Waals surface area contributed by atoms with Crippen LogP contribution in [0.25, 0.3) is 11.5 Å². The molecule has 1 aliphatic carbocycles. The van der Waals surface area contributed by atoms with Crippen molar-refractivity contribution < 1.29 is 14.1 Å². The molecule has 1 saturated carbocycles. The van der Waals surface area contributed by atoms with Crippen LogP contribution in [0.2, 0.25) is 0 Å². The maximum atomic E-state index is 12.5. The minimum absolute atomic E-state index is 0.0289. The summed E-state index contributed by atoms with van der Waals surface area (Å²) in [4.78, 5) is 24.7. The van der Waals surface area contributed by atoms with Gasteiger partial charge in [-0.3, -0.25) is 14.9 Å². The van der Waals surface area contributed by atoms with Gasteiger partial charge in [0, 0.05) is 29.7 Å². The lowest BCUT2D eigenvalue weighted by Gasteiger charge is -2.33. The monoisotopic (exact) mass is 344 g/mol. The lowest BCUT2D eigenvalue weighted by molar-refractivity contribution is -0.384. The van der Waals surface area contributed by atoms with Crippen LogP contribution in [-0.4, -0.2) is 32.0 Å². The molecule has 1 aliphatic rings. The Morgan fingerprint density at radius 2 is 2.16 bits per heavy atom. The number of non-ortho nitro benzene ring substituents is 1. The van der Waals surface area contributed by atoms with Gasteiger partial charge in [-0.25, -0.2) is 0 Å². The summed E-state index contributed by atoms with van der Waals surface area (Å²) < 4.78 is 5.63. The van der Waals surface area contributed by atoms with Crippen molar-refractivity contribution in [3.8, 4) is 11.5 Å². The molecule has 0 aliphatic heterocycles. The van der Waals surface area contributed by atoms with Crippen LogP contribution in [0.4, 0.5) is 5.69 Å². The number of amides is 1. The zero-order chi connectivity index (χ0) is 18.0. The standard InChI is InChI=1S/C17H20N4O4/c1-11(2)20(17(22)12-5-3-6-12)10-15-18-19-16(25-15)13-7-4-8-14(9-13)21(23)24/h4,7-9,11-12H,3,5-6,10H2,1-2H3. The van der Waals surface area contributed by atoms with E-state index in [4.69, 9.17) is 4.42 Å². The summed E-state index contributed by atoms with van der Waals surface area (Å²) >= 11 is 0. The quantitative estimate of drug-likeness (QED) is 0.589. The summed E-state index contributed by atoms with van der Waals surface area (Å²) in [5.41, 5.74) is 0.440. The Hall–Kier alpha value is -2.77. The first-order valence-corrected chi connectivity index (χ1v) is 8.33. The molecular weight excluding hydrogens is 324 g/mol. The van der Waals surface area contributed by atoms with Gasteiger partial charge in [-0.05, 0) is 32.8 Å². The van der Waals surface area contributed by atoms with Crippen LogP contribution in [0.3, 0.4) is 0 Å². The lowest BCUT2D eigenvalue weighted by Crippen LogP contribution is -2.42. The highest BCUT2D eigenvalue weighted by Gasteiger charge is 2.31. The van der Waals surface area contributed by atoms with Crippen molar-refractivity contribution in [1.29, 1.82) is 0 Å². The summed E-state index contributed by atoms with van der Waals surface area (Å²) in [6.07, 6.45) is 2.97. The normalized spacial score (nSPS) is 14.4. The Morgan fingerprint density at radius 1 is 1.40 bits per heavy atom. The zero-order valence-electron chi connectivity index (χ0n) is 14.2. The highest BCUT2D eigenvalue weighted by atomic mass is 16.6. The van der Waals surface area contributed by atoms with Crippen LogP contribution >= 0.6 is 0 Å². The second-order valence-corrected chi connectivity index (χ2v) is 6.50. The van der Waals surface area contributed by atoms with Gasteiger partial charge in [0.1, 0.15) is 0 Å². The molecule has 1 amide bonds. The van der Waals surface area contributed by atoms with E-state index < -0.39 is 4.92 Å². The van der Waals surface area contributed by atoms with Crippen molar-refractivity contribution in [2.24, 2.45) is 5.92 Å². The van der Waals surface area contributed by atoms with E-state index in [-0.39, 0.29) is 36.0 Å². The van der Waals surface area contributed by atoms with Gasteiger partial charge < -0.3 is 9.32 Å². The Kier molecular flexibility index (Phi) is 4.78. The summed E-state index contributed by atoms with van der Waals surface area (Å²) in [5.74, 6) is 0.749. The summed E-state index contributed by atoms with van der Waals surface area (Å²) in [6, 6.07) is 6.05. The van der Waals surface area contributed by atoms with E-state index in [2.05, 4.69) is 10.2 Å². The van der Waals surface area contributed by atoms with Crippen LogP contribution in [-0.2, 0) is 11.3 Å². The third kappa shape index (κ3) is 3.67. The van der Waals surface area contributed by atoms with Gasteiger partial charge in [-0.15, -0.1) is 10.2 Å². The molecule has 0 atom stereocenters. The number of nitro benzene ring substituents is 1.